The van der Waals surface area contributed by atoms with Gasteiger partial charge in [0.25, 0.3) is 0 Å². The van der Waals surface area contributed by atoms with Crippen LogP contribution in [0.25, 0.3) is 0 Å². The SMILES string of the molecule is CNCc1cccc(S(=O)(=O)NCc2ccc(C)s2)c1C. The van der Waals surface area contributed by atoms with Crippen molar-refractivity contribution in [3.05, 3.63) is 51.2 Å². The molecule has 2 aromatic rings. The van der Waals surface area contributed by atoms with Gasteiger partial charge in [0.15, 0.2) is 0 Å². The fourth-order valence-corrected chi connectivity index (χ4v) is 4.37. The van der Waals surface area contributed by atoms with Crippen molar-refractivity contribution in [2.75, 3.05) is 7.05 Å². The van der Waals surface area contributed by atoms with E-state index in [0.717, 1.165) is 16.0 Å². The van der Waals surface area contributed by atoms with E-state index in [1.165, 1.54) is 4.88 Å². The summed E-state index contributed by atoms with van der Waals surface area (Å²) in [4.78, 5) is 2.54. The molecule has 114 valence electrons. The molecule has 0 fully saturated rings. The van der Waals surface area contributed by atoms with Gasteiger partial charge in [0, 0.05) is 22.8 Å². The molecule has 2 N–H and O–H groups in total. The highest BCUT2D eigenvalue weighted by Gasteiger charge is 2.18. The number of benzene rings is 1. The predicted octanol–water partition coefficient (Wildman–Crippen LogP) is 2.56. The summed E-state index contributed by atoms with van der Waals surface area (Å²) < 4.78 is 27.6. The predicted molar refractivity (Wildman–Crippen MR) is 87.0 cm³/mol. The zero-order chi connectivity index (χ0) is 15.5. The van der Waals surface area contributed by atoms with E-state index in [9.17, 15) is 8.42 Å². The monoisotopic (exact) mass is 324 g/mol. The van der Waals surface area contributed by atoms with Crippen molar-refractivity contribution in [2.45, 2.75) is 31.8 Å². The largest absolute Gasteiger partial charge is 0.316 e. The summed E-state index contributed by atoms with van der Waals surface area (Å²) >= 11 is 1.60. The van der Waals surface area contributed by atoms with E-state index < -0.39 is 10.0 Å². The van der Waals surface area contributed by atoms with Gasteiger partial charge in [-0.25, -0.2) is 13.1 Å². The van der Waals surface area contributed by atoms with Crippen LogP contribution in [0.5, 0.6) is 0 Å². The third kappa shape index (κ3) is 3.91. The third-order valence-electron chi connectivity index (χ3n) is 3.29. The summed E-state index contributed by atoms with van der Waals surface area (Å²) in [7, 11) is -1.65. The summed E-state index contributed by atoms with van der Waals surface area (Å²) in [5.74, 6) is 0. The zero-order valence-electron chi connectivity index (χ0n) is 12.4. The fourth-order valence-electron chi connectivity index (χ4n) is 2.16. The molecule has 0 aliphatic carbocycles. The molecule has 0 aliphatic rings. The third-order valence-corrected chi connectivity index (χ3v) is 5.83. The number of hydrogen-bond acceptors (Lipinski definition) is 4. The highest BCUT2D eigenvalue weighted by molar-refractivity contribution is 7.89. The summed E-state index contributed by atoms with van der Waals surface area (Å²) in [6.45, 7) is 4.83. The first-order chi connectivity index (χ1) is 9.94. The van der Waals surface area contributed by atoms with Gasteiger partial charge in [-0.3, -0.25) is 0 Å². The van der Waals surface area contributed by atoms with Crippen LogP contribution in [0.2, 0.25) is 0 Å². The minimum atomic E-state index is -3.49. The highest BCUT2D eigenvalue weighted by atomic mass is 32.2. The lowest BCUT2D eigenvalue weighted by Crippen LogP contribution is -2.24. The van der Waals surface area contributed by atoms with Crippen molar-refractivity contribution in [1.29, 1.82) is 0 Å². The molecule has 6 heteroatoms. The van der Waals surface area contributed by atoms with Crippen LogP contribution in [0.3, 0.4) is 0 Å². The number of hydrogen-bond donors (Lipinski definition) is 2. The van der Waals surface area contributed by atoms with E-state index in [4.69, 9.17) is 0 Å². The van der Waals surface area contributed by atoms with E-state index >= 15 is 0 Å². The Hall–Kier alpha value is -1.21. The molecule has 1 aromatic carbocycles. The van der Waals surface area contributed by atoms with Crippen molar-refractivity contribution in [1.82, 2.24) is 10.0 Å². The number of sulfonamides is 1. The average molecular weight is 324 g/mol. The number of thiophene rings is 1. The minimum absolute atomic E-state index is 0.330. The van der Waals surface area contributed by atoms with Gasteiger partial charge in [0.05, 0.1) is 4.90 Å². The van der Waals surface area contributed by atoms with E-state index in [1.807, 2.05) is 39.1 Å². The van der Waals surface area contributed by atoms with E-state index in [2.05, 4.69) is 10.0 Å². The van der Waals surface area contributed by atoms with Crippen molar-refractivity contribution >= 4 is 21.4 Å². The lowest BCUT2D eigenvalue weighted by Gasteiger charge is -2.12. The van der Waals surface area contributed by atoms with E-state index in [0.29, 0.717) is 18.0 Å². The number of aryl methyl sites for hydroxylation is 1. The summed E-state index contributed by atoms with van der Waals surface area (Å²) in [5, 5.41) is 3.05. The van der Waals surface area contributed by atoms with E-state index in [-0.39, 0.29) is 0 Å². The molecule has 0 unspecified atom stereocenters. The quantitative estimate of drug-likeness (QED) is 0.858. The van der Waals surface area contributed by atoms with Gasteiger partial charge in [-0.15, -0.1) is 11.3 Å². The second kappa shape index (κ2) is 6.70. The molecule has 0 saturated heterocycles. The van der Waals surface area contributed by atoms with Gasteiger partial charge in [0.1, 0.15) is 0 Å². The Kier molecular flexibility index (Phi) is 5.16. The Morgan fingerprint density at radius 2 is 1.86 bits per heavy atom. The molecule has 0 bridgehead atoms. The smallest absolute Gasteiger partial charge is 0.241 e. The van der Waals surface area contributed by atoms with Gasteiger partial charge in [0.2, 0.25) is 10.0 Å². The van der Waals surface area contributed by atoms with E-state index in [1.54, 1.807) is 23.5 Å². The zero-order valence-corrected chi connectivity index (χ0v) is 14.1. The maximum Gasteiger partial charge on any atom is 0.241 e. The lowest BCUT2D eigenvalue weighted by molar-refractivity contribution is 0.581. The molecule has 21 heavy (non-hydrogen) atoms. The van der Waals surface area contributed by atoms with Crippen LogP contribution < -0.4 is 10.0 Å². The van der Waals surface area contributed by atoms with Gasteiger partial charge in [-0.2, -0.15) is 0 Å². The fraction of sp³-hybridized carbons (Fsp3) is 0.333. The topological polar surface area (TPSA) is 58.2 Å². The van der Waals surface area contributed by atoms with Gasteiger partial charge in [-0.05, 0) is 50.2 Å². The van der Waals surface area contributed by atoms with Gasteiger partial charge >= 0.3 is 0 Å². The lowest BCUT2D eigenvalue weighted by atomic mass is 10.1. The Morgan fingerprint density at radius 1 is 1.10 bits per heavy atom. The number of rotatable bonds is 6. The Morgan fingerprint density at radius 3 is 2.48 bits per heavy atom. The molecule has 0 amide bonds. The van der Waals surface area contributed by atoms with Crippen molar-refractivity contribution in [2.24, 2.45) is 0 Å². The van der Waals surface area contributed by atoms with Crippen molar-refractivity contribution in [3.63, 3.8) is 0 Å². The van der Waals surface area contributed by atoms with Crippen LogP contribution in [0.15, 0.2) is 35.2 Å². The van der Waals surface area contributed by atoms with Crippen LogP contribution in [-0.4, -0.2) is 15.5 Å². The summed E-state index contributed by atoms with van der Waals surface area (Å²) in [6, 6.07) is 9.31. The molecule has 0 atom stereocenters. The van der Waals surface area contributed by atoms with Crippen molar-refractivity contribution < 1.29 is 8.42 Å². The van der Waals surface area contributed by atoms with Crippen LogP contribution in [-0.2, 0) is 23.1 Å². The molecule has 2 rings (SSSR count). The maximum absolute atomic E-state index is 12.5. The molecule has 0 spiro atoms. The van der Waals surface area contributed by atoms with Crippen LogP contribution in [0.1, 0.15) is 20.9 Å². The average Bonchev–Trinajstić information content (AvgIpc) is 2.85. The molecule has 1 aromatic heterocycles. The molecule has 1 heterocycles. The second-order valence-corrected chi connectivity index (χ2v) is 8.02. The first-order valence-corrected chi connectivity index (χ1v) is 9.02. The van der Waals surface area contributed by atoms with Gasteiger partial charge < -0.3 is 5.32 Å². The van der Waals surface area contributed by atoms with Crippen LogP contribution >= 0.6 is 11.3 Å². The van der Waals surface area contributed by atoms with Crippen LogP contribution in [0.4, 0.5) is 0 Å². The first-order valence-electron chi connectivity index (χ1n) is 6.72. The minimum Gasteiger partial charge on any atom is -0.316 e. The molecular formula is C15H20N2O2S2. The molecule has 0 saturated carbocycles. The molecule has 4 nitrogen and oxygen atoms in total. The Bertz CT molecular complexity index is 721. The normalized spacial score (nSPS) is 11.8. The first kappa shape index (κ1) is 16.2. The summed E-state index contributed by atoms with van der Waals surface area (Å²) in [5.41, 5.74) is 1.79. The summed E-state index contributed by atoms with van der Waals surface area (Å²) in [6.07, 6.45) is 0. The Labute approximate surface area is 130 Å². The highest BCUT2D eigenvalue weighted by Crippen LogP contribution is 2.20. The molecular weight excluding hydrogens is 304 g/mol. The molecule has 0 aliphatic heterocycles. The maximum atomic E-state index is 12.5. The number of nitrogens with one attached hydrogen (secondary N) is 2. The Balaban J connectivity index is 2.21. The second-order valence-electron chi connectivity index (χ2n) is 4.91. The van der Waals surface area contributed by atoms with Crippen molar-refractivity contribution in [3.8, 4) is 0 Å². The standard InChI is InChI=1S/C15H20N2O2S2/c1-11-7-8-14(20-11)10-17-21(18,19)15-6-4-5-13(9-16-3)12(15)2/h4-8,16-17H,9-10H2,1-3H3. The van der Waals surface area contributed by atoms with Crippen LogP contribution in [0, 0.1) is 13.8 Å². The van der Waals surface area contributed by atoms with Gasteiger partial charge in [-0.1, -0.05) is 12.1 Å². The molecule has 0 radical (unpaired) electrons.